The van der Waals surface area contributed by atoms with Crippen molar-refractivity contribution in [2.24, 2.45) is 5.73 Å². The van der Waals surface area contributed by atoms with E-state index < -0.39 is 0 Å². The Morgan fingerprint density at radius 3 is 3.00 bits per heavy atom. The maximum Gasteiger partial charge on any atom is 0.0878 e. The van der Waals surface area contributed by atoms with Gasteiger partial charge in [-0.25, -0.2) is 0 Å². The standard InChI is InChI=1S/C6H9N3/c1-2-6-3-4-9(5-7)8-6/h2-4H,1,5,7H2. The second-order valence-electron chi connectivity index (χ2n) is 1.67. The lowest BCUT2D eigenvalue weighted by Crippen LogP contribution is -2.06. The van der Waals surface area contributed by atoms with Gasteiger partial charge in [-0.05, 0) is 12.1 Å². The van der Waals surface area contributed by atoms with Crippen LogP contribution in [0.3, 0.4) is 0 Å². The van der Waals surface area contributed by atoms with Crippen molar-refractivity contribution in [2.75, 3.05) is 0 Å². The minimum atomic E-state index is 0.424. The molecule has 0 saturated carbocycles. The summed E-state index contributed by atoms with van der Waals surface area (Å²) in [4.78, 5) is 0. The van der Waals surface area contributed by atoms with E-state index in [1.54, 1.807) is 10.8 Å². The van der Waals surface area contributed by atoms with E-state index >= 15 is 0 Å². The van der Waals surface area contributed by atoms with Gasteiger partial charge in [0.05, 0.1) is 12.4 Å². The highest BCUT2D eigenvalue weighted by molar-refractivity contribution is 5.39. The first kappa shape index (κ1) is 6.04. The quantitative estimate of drug-likeness (QED) is 0.620. The number of nitrogens with two attached hydrogens (primary N) is 1. The van der Waals surface area contributed by atoms with Gasteiger partial charge in [-0.2, -0.15) is 5.10 Å². The van der Waals surface area contributed by atoms with Crippen molar-refractivity contribution in [3.05, 3.63) is 24.5 Å². The summed E-state index contributed by atoms with van der Waals surface area (Å²) in [5.74, 6) is 0. The molecule has 0 saturated heterocycles. The van der Waals surface area contributed by atoms with Crippen molar-refractivity contribution >= 4 is 6.08 Å². The maximum atomic E-state index is 5.28. The third kappa shape index (κ3) is 1.17. The van der Waals surface area contributed by atoms with Crippen molar-refractivity contribution in [3.8, 4) is 0 Å². The molecule has 0 spiro atoms. The third-order valence-electron chi connectivity index (χ3n) is 1.06. The highest BCUT2D eigenvalue weighted by atomic mass is 15.3. The van der Waals surface area contributed by atoms with Crippen molar-refractivity contribution in [1.82, 2.24) is 9.78 Å². The Balaban J connectivity index is 2.86. The molecule has 1 aromatic heterocycles. The minimum Gasteiger partial charge on any atom is -0.312 e. The molecular weight excluding hydrogens is 114 g/mol. The van der Waals surface area contributed by atoms with Gasteiger partial charge in [-0.3, -0.25) is 4.68 Å². The van der Waals surface area contributed by atoms with Crippen LogP contribution in [0.1, 0.15) is 5.69 Å². The second-order valence-corrected chi connectivity index (χ2v) is 1.67. The molecule has 0 aromatic carbocycles. The highest BCUT2D eigenvalue weighted by Gasteiger charge is 1.88. The van der Waals surface area contributed by atoms with Crippen LogP contribution in [-0.2, 0) is 6.67 Å². The van der Waals surface area contributed by atoms with E-state index in [4.69, 9.17) is 5.73 Å². The van der Waals surface area contributed by atoms with E-state index in [9.17, 15) is 0 Å². The predicted molar refractivity (Wildman–Crippen MR) is 36.5 cm³/mol. The summed E-state index contributed by atoms with van der Waals surface area (Å²) < 4.78 is 1.65. The van der Waals surface area contributed by atoms with Gasteiger partial charge in [0.2, 0.25) is 0 Å². The van der Waals surface area contributed by atoms with E-state index in [-0.39, 0.29) is 0 Å². The van der Waals surface area contributed by atoms with Crippen molar-refractivity contribution in [3.63, 3.8) is 0 Å². The van der Waals surface area contributed by atoms with Gasteiger partial charge in [0.15, 0.2) is 0 Å². The average molecular weight is 123 g/mol. The van der Waals surface area contributed by atoms with Gasteiger partial charge in [-0.15, -0.1) is 0 Å². The first-order valence-corrected chi connectivity index (χ1v) is 2.73. The molecule has 3 nitrogen and oxygen atoms in total. The molecule has 1 rings (SSSR count). The molecule has 2 N–H and O–H groups in total. The number of nitrogens with zero attached hydrogens (tertiary/aromatic N) is 2. The Kier molecular flexibility index (Phi) is 1.65. The maximum absolute atomic E-state index is 5.28. The topological polar surface area (TPSA) is 43.8 Å². The molecule has 0 aliphatic carbocycles. The first-order chi connectivity index (χ1) is 4.36. The molecule has 0 bridgehead atoms. The third-order valence-corrected chi connectivity index (χ3v) is 1.06. The van der Waals surface area contributed by atoms with Crippen LogP contribution >= 0.6 is 0 Å². The number of hydrogen-bond acceptors (Lipinski definition) is 2. The summed E-state index contributed by atoms with van der Waals surface area (Å²) in [5, 5.41) is 4.02. The molecule has 0 radical (unpaired) electrons. The van der Waals surface area contributed by atoms with Crippen LogP contribution < -0.4 is 5.73 Å². The van der Waals surface area contributed by atoms with Crippen LogP contribution in [0, 0.1) is 0 Å². The van der Waals surface area contributed by atoms with Gasteiger partial charge >= 0.3 is 0 Å². The zero-order valence-corrected chi connectivity index (χ0v) is 5.12. The Hall–Kier alpha value is -1.09. The van der Waals surface area contributed by atoms with Crippen molar-refractivity contribution in [1.29, 1.82) is 0 Å². The van der Waals surface area contributed by atoms with E-state index in [2.05, 4.69) is 11.7 Å². The largest absolute Gasteiger partial charge is 0.312 e. The van der Waals surface area contributed by atoms with Crippen molar-refractivity contribution in [2.45, 2.75) is 6.67 Å². The summed E-state index contributed by atoms with van der Waals surface area (Å²) in [6, 6.07) is 1.86. The van der Waals surface area contributed by atoms with Crippen molar-refractivity contribution < 1.29 is 0 Å². The molecule has 9 heavy (non-hydrogen) atoms. The fourth-order valence-electron chi connectivity index (χ4n) is 0.588. The lowest BCUT2D eigenvalue weighted by Gasteiger charge is -1.89. The molecule has 3 heteroatoms. The minimum absolute atomic E-state index is 0.424. The summed E-state index contributed by atoms with van der Waals surface area (Å²) in [6.45, 7) is 3.99. The van der Waals surface area contributed by atoms with Gasteiger partial charge < -0.3 is 5.73 Å². The summed E-state index contributed by atoms with van der Waals surface area (Å²) in [6.07, 6.45) is 3.50. The fraction of sp³-hybridized carbons (Fsp3) is 0.167. The number of hydrogen-bond donors (Lipinski definition) is 1. The smallest absolute Gasteiger partial charge is 0.0878 e. The average Bonchev–Trinajstić information content (AvgIpc) is 2.34. The second kappa shape index (κ2) is 2.46. The van der Waals surface area contributed by atoms with E-state index in [0.29, 0.717) is 6.67 Å². The van der Waals surface area contributed by atoms with Gasteiger partial charge in [0, 0.05) is 6.20 Å². The zero-order chi connectivity index (χ0) is 6.69. The Labute approximate surface area is 53.8 Å². The molecule has 0 aliphatic heterocycles. The van der Waals surface area contributed by atoms with Gasteiger partial charge in [0.1, 0.15) is 0 Å². The molecule has 1 aromatic rings. The molecule has 0 aliphatic rings. The van der Waals surface area contributed by atoms with Gasteiger partial charge in [-0.1, -0.05) is 6.58 Å². The first-order valence-electron chi connectivity index (χ1n) is 2.73. The molecule has 48 valence electrons. The van der Waals surface area contributed by atoms with E-state index in [1.165, 1.54) is 0 Å². The monoisotopic (exact) mass is 123 g/mol. The van der Waals surface area contributed by atoms with Crippen LogP contribution in [-0.4, -0.2) is 9.78 Å². The van der Waals surface area contributed by atoms with E-state index in [1.807, 2.05) is 12.3 Å². The number of aromatic nitrogens is 2. The Morgan fingerprint density at radius 2 is 2.67 bits per heavy atom. The Morgan fingerprint density at radius 1 is 1.89 bits per heavy atom. The van der Waals surface area contributed by atoms with E-state index in [0.717, 1.165) is 5.69 Å². The van der Waals surface area contributed by atoms with Crippen LogP contribution in [0.25, 0.3) is 6.08 Å². The molecule has 0 atom stereocenters. The van der Waals surface area contributed by atoms with Gasteiger partial charge in [0.25, 0.3) is 0 Å². The normalized spacial score (nSPS) is 9.44. The molecular formula is C6H9N3. The molecule has 1 heterocycles. The molecule has 0 unspecified atom stereocenters. The summed E-state index contributed by atoms with van der Waals surface area (Å²) >= 11 is 0. The lowest BCUT2D eigenvalue weighted by atomic mass is 10.4. The number of rotatable bonds is 2. The summed E-state index contributed by atoms with van der Waals surface area (Å²) in [7, 11) is 0. The fourth-order valence-corrected chi connectivity index (χ4v) is 0.588. The van der Waals surface area contributed by atoms with Crippen LogP contribution in [0.15, 0.2) is 18.8 Å². The zero-order valence-electron chi connectivity index (χ0n) is 5.12. The lowest BCUT2D eigenvalue weighted by molar-refractivity contribution is 0.636. The Bertz CT molecular complexity index is 202. The van der Waals surface area contributed by atoms with Crippen LogP contribution in [0.4, 0.5) is 0 Å². The SMILES string of the molecule is C=Cc1ccn(CN)n1. The summed E-state index contributed by atoms with van der Waals surface area (Å²) in [5.41, 5.74) is 6.15. The van der Waals surface area contributed by atoms with Crippen LogP contribution in [0.2, 0.25) is 0 Å². The predicted octanol–water partition coefficient (Wildman–Crippen LogP) is 0.442. The molecule has 0 amide bonds. The van der Waals surface area contributed by atoms with Crippen LogP contribution in [0.5, 0.6) is 0 Å². The highest BCUT2D eigenvalue weighted by Crippen LogP contribution is 1.94. The molecule has 0 fully saturated rings.